The summed E-state index contributed by atoms with van der Waals surface area (Å²) in [7, 11) is -3.46. The Morgan fingerprint density at radius 2 is 2.00 bits per heavy atom. The minimum atomic E-state index is -3.46. The molecule has 10 heteroatoms. The number of hydrogen-bond acceptors (Lipinski definition) is 5. The Kier molecular flexibility index (Phi) is 7.58. The Morgan fingerprint density at radius 3 is 2.62 bits per heavy atom. The zero-order valence-corrected chi connectivity index (χ0v) is 19.0. The normalized spacial score (nSPS) is 17.2. The van der Waals surface area contributed by atoms with Gasteiger partial charge in [0, 0.05) is 29.2 Å². The number of likely N-dealkylation sites (tertiary alicyclic amines) is 1. The average molecular weight is 476 g/mol. The fourth-order valence-electron chi connectivity index (χ4n) is 3.32. The molecule has 1 fully saturated rings. The van der Waals surface area contributed by atoms with Gasteiger partial charge in [-0.3, -0.25) is 9.69 Å². The van der Waals surface area contributed by atoms with Crippen LogP contribution in [-0.2, 0) is 14.8 Å². The molecule has 1 amide bonds. The molecule has 1 aliphatic heterocycles. The van der Waals surface area contributed by atoms with E-state index >= 15 is 0 Å². The van der Waals surface area contributed by atoms with E-state index in [4.69, 9.17) is 23.2 Å². The summed E-state index contributed by atoms with van der Waals surface area (Å²) in [6.45, 7) is 3.45. The average Bonchev–Trinajstić information content (AvgIpc) is 3.18. The molecule has 29 heavy (non-hydrogen) atoms. The molecule has 2 aromatic rings. The smallest absolute Gasteiger partial charge is 0.250 e. The first-order chi connectivity index (χ1) is 13.7. The number of rotatable bonds is 7. The van der Waals surface area contributed by atoms with Crippen LogP contribution in [0.5, 0.6) is 0 Å². The quantitative estimate of drug-likeness (QED) is 0.639. The van der Waals surface area contributed by atoms with Crippen molar-refractivity contribution >= 4 is 50.5 Å². The molecule has 1 aromatic carbocycles. The summed E-state index contributed by atoms with van der Waals surface area (Å²) in [6.07, 6.45) is 1.33. The number of nitrogens with zero attached hydrogens (tertiary/aromatic N) is 1. The van der Waals surface area contributed by atoms with Crippen molar-refractivity contribution in [2.24, 2.45) is 0 Å². The van der Waals surface area contributed by atoms with Crippen LogP contribution in [0.4, 0.5) is 0 Å². The number of nitrogens with one attached hydrogen (secondary N) is 2. The highest BCUT2D eigenvalue weighted by Crippen LogP contribution is 2.26. The first kappa shape index (κ1) is 22.5. The fourth-order valence-corrected chi connectivity index (χ4v) is 6.21. The lowest BCUT2D eigenvalue weighted by atomic mass is 10.1. The summed E-state index contributed by atoms with van der Waals surface area (Å²) >= 11 is 13.3. The molecule has 1 unspecified atom stereocenters. The third-order valence-corrected chi connectivity index (χ3v) is 8.32. The minimum absolute atomic E-state index is 0.0962. The van der Waals surface area contributed by atoms with Gasteiger partial charge in [-0.25, -0.2) is 13.1 Å². The van der Waals surface area contributed by atoms with Crippen LogP contribution >= 0.6 is 34.5 Å². The number of halogens is 2. The maximum Gasteiger partial charge on any atom is 0.250 e. The van der Waals surface area contributed by atoms with E-state index in [9.17, 15) is 13.2 Å². The topological polar surface area (TPSA) is 78.5 Å². The first-order valence-electron chi connectivity index (χ1n) is 9.27. The number of carbonyl (C=O) groups is 1. The van der Waals surface area contributed by atoms with Crippen molar-refractivity contribution < 1.29 is 13.2 Å². The Labute approximate surface area is 185 Å². The van der Waals surface area contributed by atoms with Gasteiger partial charge in [0.1, 0.15) is 4.21 Å². The van der Waals surface area contributed by atoms with Crippen LogP contribution in [-0.4, -0.2) is 44.9 Å². The zero-order valence-electron chi connectivity index (χ0n) is 15.9. The molecule has 1 aromatic heterocycles. The molecule has 0 spiro atoms. The lowest BCUT2D eigenvalue weighted by molar-refractivity contribution is -0.123. The van der Waals surface area contributed by atoms with Crippen molar-refractivity contribution in [1.29, 1.82) is 0 Å². The second-order valence-electron chi connectivity index (χ2n) is 7.06. The molecule has 0 radical (unpaired) electrons. The predicted octanol–water partition coefficient (Wildman–Crippen LogP) is 3.68. The second kappa shape index (κ2) is 9.76. The summed E-state index contributed by atoms with van der Waals surface area (Å²) < 4.78 is 27.7. The van der Waals surface area contributed by atoms with E-state index < -0.39 is 10.0 Å². The largest absolute Gasteiger partial charge is 0.348 e. The Balaban J connectivity index is 1.46. The van der Waals surface area contributed by atoms with Gasteiger partial charge >= 0.3 is 0 Å². The third kappa shape index (κ3) is 6.16. The van der Waals surface area contributed by atoms with Gasteiger partial charge in [0.25, 0.3) is 0 Å². The van der Waals surface area contributed by atoms with Crippen LogP contribution in [0.3, 0.4) is 0 Å². The van der Waals surface area contributed by atoms with E-state index in [0.29, 0.717) is 40.2 Å². The molecule has 158 valence electrons. The van der Waals surface area contributed by atoms with E-state index in [0.717, 1.165) is 5.56 Å². The summed E-state index contributed by atoms with van der Waals surface area (Å²) in [5.74, 6) is -0.0962. The summed E-state index contributed by atoms with van der Waals surface area (Å²) in [5.41, 5.74) is 0.811. The molecular weight excluding hydrogens is 453 g/mol. The summed E-state index contributed by atoms with van der Waals surface area (Å²) in [4.78, 5) is 14.4. The van der Waals surface area contributed by atoms with Gasteiger partial charge in [-0.05, 0) is 48.9 Å². The van der Waals surface area contributed by atoms with E-state index in [1.165, 1.54) is 11.3 Å². The highest BCUT2D eigenvalue weighted by molar-refractivity contribution is 7.91. The zero-order chi connectivity index (χ0) is 21.0. The van der Waals surface area contributed by atoms with Gasteiger partial charge in [0.05, 0.1) is 12.6 Å². The van der Waals surface area contributed by atoms with Gasteiger partial charge in [0.15, 0.2) is 0 Å². The Hall–Kier alpha value is -1.16. The highest BCUT2D eigenvalue weighted by Gasteiger charge is 2.26. The summed E-state index contributed by atoms with van der Waals surface area (Å²) in [5, 5.41) is 5.77. The van der Waals surface area contributed by atoms with Gasteiger partial charge in [-0.1, -0.05) is 35.3 Å². The number of piperidine rings is 1. The lowest BCUT2D eigenvalue weighted by Gasteiger charge is -2.31. The molecule has 0 saturated carbocycles. The molecular formula is C19H23Cl2N3O3S2. The number of benzene rings is 1. The van der Waals surface area contributed by atoms with Gasteiger partial charge in [0.2, 0.25) is 15.9 Å². The highest BCUT2D eigenvalue weighted by atomic mass is 35.5. The molecule has 1 atom stereocenters. The number of thiophene rings is 1. The molecule has 2 heterocycles. The van der Waals surface area contributed by atoms with Crippen LogP contribution in [0.1, 0.15) is 31.4 Å². The molecule has 1 aliphatic rings. The number of hydrogen-bond donors (Lipinski definition) is 2. The lowest BCUT2D eigenvalue weighted by Crippen LogP contribution is -2.47. The van der Waals surface area contributed by atoms with Crippen LogP contribution in [0, 0.1) is 0 Å². The van der Waals surface area contributed by atoms with Crippen LogP contribution in [0.25, 0.3) is 0 Å². The van der Waals surface area contributed by atoms with Crippen molar-refractivity contribution in [2.75, 3.05) is 19.6 Å². The molecule has 0 aliphatic carbocycles. The Morgan fingerprint density at radius 1 is 1.28 bits per heavy atom. The number of amides is 1. The molecule has 3 rings (SSSR count). The van der Waals surface area contributed by atoms with Gasteiger partial charge in [-0.2, -0.15) is 0 Å². The fraction of sp³-hybridized carbons (Fsp3) is 0.421. The standard InChI is InChI=1S/C19H23Cl2N3O3S2/c1-13(16-5-4-14(20)11-17(16)21)22-18(25)12-24-8-6-15(7-9-24)23-29(26,27)19-3-2-10-28-19/h2-5,10-11,13,15,23H,6-9,12H2,1H3,(H,22,25). The van der Waals surface area contributed by atoms with Crippen molar-refractivity contribution in [3.05, 3.63) is 51.3 Å². The first-order valence-corrected chi connectivity index (χ1v) is 12.4. The van der Waals surface area contributed by atoms with E-state index in [-0.39, 0.29) is 24.5 Å². The number of carbonyl (C=O) groups excluding carboxylic acids is 1. The Bertz CT molecular complexity index is 944. The van der Waals surface area contributed by atoms with Crippen LogP contribution in [0.15, 0.2) is 39.9 Å². The molecule has 0 bridgehead atoms. The minimum Gasteiger partial charge on any atom is -0.348 e. The van der Waals surface area contributed by atoms with Crippen LogP contribution in [0.2, 0.25) is 10.0 Å². The van der Waals surface area contributed by atoms with E-state index in [2.05, 4.69) is 10.0 Å². The SMILES string of the molecule is CC(NC(=O)CN1CCC(NS(=O)(=O)c2cccs2)CC1)c1ccc(Cl)cc1Cl. The molecule has 1 saturated heterocycles. The van der Waals surface area contributed by atoms with E-state index in [1.807, 2.05) is 11.8 Å². The van der Waals surface area contributed by atoms with Gasteiger partial charge in [-0.15, -0.1) is 11.3 Å². The number of sulfonamides is 1. The predicted molar refractivity (Wildman–Crippen MR) is 117 cm³/mol. The second-order valence-corrected chi connectivity index (χ2v) is 10.8. The van der Waals surface area contributed by atoms with Gasteiger partial charge < -0.3 is 5.32 Å². The van der Waals surface area contributed by atoms with E-state index in [1.54, 1.807) is 35.7 Å². The monoisotopic (exact) mass is 475 g/mol. The van der Waals surface area contributed by atoms with Crippen molar-refractivity contribution in [1.82, 2.24) is 14.9 Å². The van der Waals surface area contributed by atoms with Crippen molar-refractivity contribution in [3.63, 3.8) is 0 Å². The molecule has 6 nitrogen and oxygen atoms in total. The molecule has 2 N–H and O–H groups in total. The van der Waals surface area contributed by atoms with Crippen molar-refractivity contribution in [2.45, 2.75) is 36.1 Å². The van der Waals surface area contributed by atoms with Crippen LogP contribution < -0.4 is 10.0 Å². The maximum atomic E-state index is 12.4. The maximum absolute atomic E-state index is 12.4. The van der Waals surface area contributed by atoms with Crippen molar-refractivity contribution in [3.8, 4) is 0 Å². The summed E-state index contributed by atoms with van der Waals surface area (Å²) in [6, 6.07) is 8.17. The third-order valence-electron chi connectivity index (χ3n) is 4.84.